The second kappa shape index (κ2) is 13.0. The van der Waals surface area contributed by atoms with Gasteiger partial charge in [0.15, 0.2) is 0 Å². The lowest BCUT2D eigenvalue weighted by atomic mass is 9.87. The van der Waals surface area contributed by atoms with Gasteiger partial charge in [0.05, 0.1) is 21.4 Å². The van der Waals surface area contributed by atoms with Crippen molar-refractivity contribution in [2.24, 2.45) is 0 Å². The molecule has 2 aliphatic carbocycles. The number of hydrogen-bond acceptors (Lipinski definition) is 2. The summed E-state index contributed by atoms with van der Waals surface area (Å²) in [6.07, 6.45) is 15.3. The predicted octanol–water partition coefficient (Wildman–Crippen LogP) is 11.5. The molecule has 2 fully saturated rings. The lowest BCUT2D eigenvalue weighted by Gasteiger charge is -2.46. The van der Waals surface area contributed by atoms with Gasteiger partial charge in [0.1, 0.15) is 19.6 Å². The van der Waals surface area contributed by atoms with Crippen LogP contribution < -0.4 is 9.47 Å². The summed E-state index contributed by atoms with van der Waals surface area (Å²) in [5.41, 5.74) is 4.44. The minimum atomic E-state index is -1.99. The number of benzene rings is 2. The molecule has 216 valence electrons. The second-order valence-electron chi connectivity index (χ2n) is 14.3. The molecule has 0 saturated heterocycles. The molecule has 0 radical (unpaired) electrons. The van der Waals surface area contributed by atoms with Crippen LogP contribution >= 0.6 is 31.9 Å². The topological polar surface area (TPSA) is 18.5 Å². The van der Waals surface area contributed by atoms with Gasteiger partial charge in [0, 0.05) is 0 Å². The predicted molar refractivity (Wildman–Crippen MR) is 176 cm³/mol. The van der Waals surface area contributed by atoms with Crippen molar-refractivity contribution >= 4 is 39.9 Å². The molecule has 2 aromatic carbocycles. The van der Waals surface area contributed by atoms with Crippen molar-refractivity contribution < 1.29 is 9.47 Å². The zero-order valence-electron chi connectivity index (χ0n) is 25.2. The first-order valence-corrected chi connectivity index (χ1v) is 19.4. The highest BCUT2D eigenvalue weighted by atomic mass is 79.9. The number of ether oxygens (including phenoxy) is 2. The van der Waals surface area contributed by atoms with E-state index < -0.39 is 8.07 Å². The summed E-state index contributed by atoms with van der Waals surface area (Å²) in [6, 6.07) is 13.4. The average Bonchev–Trinajstić information content (AvgIpc) is 2.90. The Morgan fingerprint density at radius 1 is 0.615 bits per heavy atom. The van der Waals surface area contributed by atoms with E-state index in [4.69, 9.17) is 9.47 Å². The maximum Gasteiger partial charge on any atom is 0.148 e. The quantitative estimate of drug-likeness (QED) is 0.259. The van der Waals surface area contributed by atoms with Crippen LogP contribution in [0.2, 0.25) is 11.1 Å². The SMILES string of the molecule is CC(C)(C)c1ccc(OC[Si](COc2ccc(C(C)(C)C)cc2Br)(C2CCCCC2)C2CCCCC2)c(Br)c1. The van der Waals surface area contributed by atoms with Crippen molar-refractivity contribution in [1.29, 1.82) is 0 Å². The Morgan fingerprint density at radius 2 is 0.974 bits per heavy atom. The van der Waals surface area contributed by atoms with Crippen molar-refractivity contribution in [2.75, 3.05) is 12.5 Å². The largest absolute Gasteiger partial charge is 0.496 e. The summed E-state index contributed by atoms with van der Waals surface area (Å²) in [5, 5.41) is 0. The van der Waals surface area contributed by atoms with Crippen LogP contribution in [0.3, 0.4) is 0 Å². The third-order valence-corrected chi connectivity index (χ3v) is 16.4. The molecular formula is C34H50Br2O2Si. The standard InChI is InChI=1S/C34H50Br2O2Si/c1-33(2,3)25-17-19-31(29(35)21-25)37-23-39(27-13-9-7-10-14-27,28-15-11-8-12-16-28)24-38-32-20-18-26(22-30(32)36)34(4,5)6/h17-22,27-28H,7-16,23-24H2,1-6H3. The molecule has 0 aromatic heterocycles. The van der Waals surface area contributed by atoms with Crippen molar-refractivity contribution in [2.45, 2.75) is 128 Å². The van der Waals surface area contributed by atoms with Gasteiger partial charge in [-0.3, -0.25) is 0 Å². The maximum absolute atomic E-state index is 6.88. The van der Waals surface area contributed by atoms with Gasteiger partial charge in [-0.05, 0) is 89.2 Å². The molecule has 4 rings (SSSR count). The van der Waals surface area contributed by atoms with Gasteiger partial charge >= 0.3 is 0 Å². The maximum atomic E-state index is 6.88. The Morgan fingerprint density at radius 3 is 1.28 bits per heavy atom. The Hall–Kier alpha value is -0.783. The zero-order valence-corrected chi connectivity index (χ0v) is 29.3. The smallest absolute Gasteiger partial charge is 0.148 e. The summed E-state index contributed by atoms with van der Waals surface area (Å²) in [5.74, 6) is 1.98. The Balaban J connectivity index is 1.65. The number of rotatable bonds is 8. The van der Waals surface area contributed by atoms with Crippen LogP contribution in [-0.4, -0.2) is 20.5 Å². The molecule has 2 aromatic rings. The van der Waals surface area contributed by atoms with Crippen molar-refractivity contribution in [1.82, 2.24) is 0 Å². The van der Waals surface area contributed by atoms with Gasteiger partial charge in [-0.2, -0.15) is 0 Å². The normalized spacial score (nSPS) is 18.3. The zero-order chi connectivity index (χ0) is 28.3. The highest BCUT2D eigenvalue weighted by molar-refractivity contribution is 9.10. The van der Waals surface area contributed by atoms with Gasteiger partial charge in [-0.15, -0.1) is 0 Å². The first kappa shape index (κ1) is 31.2. The van der Waals surface area contributed by atoms with E-state index >= 15 is 0 Å². The summed E-state index contributed by atoms with van der Waals surface area (Å²) in [6.45, 7) is 13.6. The molecule has 5 heteroatoms. The summed E-state index contributed by atoms with van der Waals surface area (Å²) >= 11 is 7.72. The molecule has 0 heterocycles. The van der Waals surface area contributed by atoms with Gasteiger partial charge in [0.25, 0.3) is 0 Å². The first-order chi connectivity index (χ1) is 18.4. The fourth-order valence-corrected chi connectivity index (χ4v) is 13.4. The minimum absolute atomic E-state index is 0.119. The minimum Gasteiger partial charge on any atom is -0.496 e. The van der Waals surface area contributed by atoms with Crippen LogP contribution in [0.5, 0.6) is 11.5 Å². The Bertz CT molecular complexity index is 1000. The average molecular weight is 679 g/mol. The number of halogens is 2. The van der Waals surface area contributed by atoms with E-state index in [1.54, 1.807) is 0 Å². The molecule has 0 atom stereocenters. The van der Waals surface area contributed by atoms with E-state index in [1.807, 2.05) is 0 Å². The molecule has 0 aliphatic heterocycles. The van der Waals surface area contributed by atoms with Crippen molar-refractivity contribution in [3.05, 3.63) is 56.5 Å². The lowest BCUT2D eigenvalue weighted by Crippen LogP contribution is -2.56. The lowest BCUT2D eigenvalue weighted by molar-refractivity contribution is 0.312. The Labute approximate surface area is 256 Å². The highest BCUT2D eigenvalue weighted by Crippen LogP contribution is 2.49. The van der Waals surface area contributed by atoms with Crippen LogP contribution in [0.15, 0.2) is 45.3 Å². The van der Waals surface area contributed by atoms with Gasteiger partial charge in [-0.1, -0.05) is 118 Å². The van der Waals surface area contributed by atoms with Crippen LogP contribution in [0.25, 0.3) is 0 Å². The van der Waals surface area contributed by atoms with E-state index in [0.717, 1.165) is 44.0 Å². The van der Waals surface area contributed by atoms with Crippen LogP contribution in [-0.2, 0) is 10.8 Å². The van der Waals surface area contributed by atoms with E-state index in [2.05, 4.69) is 110 Å². The van der Waals surface area contributed by atoms with Crippen molar-refractivity contribution in [3.63, 3.8) is 0 Å². The summed E-state index contributed by atoms with van der Waals surface area (Å²) in [7, 11) is -1.99. The summed E-state index contributed by atoms with van der Waals surface area (Å²) < 4.78 is 15.9. The highest BCUT2D eigenvalue weighted by Gasteiger charge is 2.50. The van der Waals surface area contributed by atoms with Gasteiger partial charge in [0.2, 0.25) is 0 Å². The number of hydrogen-bond donors (Lipinski definition) is 0. The molecule has 2 nitrogen and oxygen atoms in total. The van der Waals surface area contributed by atoms with Gasteiger partial charge in [-0.25, -0.2) is 0 Å². The van der Waals surface area contributed by atoms with E-state index in [0.29, 0.717) is 0 Å². The molecule has 0 unspecified atom stereocenters. The first-order valence-electron chi connectivity index (χ1n) is 15.3. The third-order valence-electron chi connectivity index (χ3n) is 9.43. The van der Waals surface area contributed by atoms with E-state index in [1.165, 1.54) is 75.3 Å². The molecule has 0 N–H and O–H groups in total. The van der Waals surface area contributed by atoms with E-state index in [9.17, 15) is 0 Å². The molecule has 0 bridgehead atoms. The molecule has 2 saturated carbocycles. The van der Waals surface area contributed by atoms with E-state index in [-0.39, 0.29) is 10.8 Å². The van der Waals surface area contributed by atoms with Crippen LogP contribution in [0.1, 0.15) is 117 Å². The molecule has 39 heavy (non-hydrogen) atoms. The molecule has 2 aliphatic rings. The fourth-order valence-electron chi connectivity index (χ4n) is 6.79. The van der Waals surface area contributed by atoms with Crippen LogP contribution in [0, 0.1) is 0 Å². The fraction of sp³-hybridized carbons (Fsp3) is 0.647. The van der Waals surface area contributed by atoms with Crippen LogP contribution in [0.4, 0.5) is 0 Å². The molecular weight excluding hydrogens is 628 g/mol. The summed E-state index contributed by atoms with van der Waals surface area (Å²) in [4.78, 5) is 0. The molecule has 0 amide bonds. The Kier molecular flexibility index (Phi) is 10.4. The van der Waals surface area contributed by atoms with Crippen molar-refractivity contribution in [3.8, 4) is 11.5 Å². The van der Waals surface area contributed by atoms with Gasteiger partial charge < -0.3 is 9.47 Å². The monoisotopic (exact) mass is 676 g/mol. The third kappa shape index (κ3) is 7.74. The molecule has 0 spiro atoms. The second-order valence-corrected chi connectivity index (χ2v) is 20.7.